The van der Waals surface area contributed by atoms with E-state index >= 15 is 0 Å². The molecule has 1 saturated carbocycles. The van der Waals surface area contributed by atoms with Gasteiger partial charge < -0.3 is 5.32 Å². The molecule has 8 heteroatoms. The van der Waals surface area contributed by atoms with Gasteiger partial charge in [-0.3, -0.25) is 15.2 Å². The molecule has 28 heavy (non-hydrogen) atoms. The highest BCUT2D eigenvalue weighted by atomic mass is 16.2. The Hall–Kier alpha value is -3.55. The van der Waals surface area contributed by atoms with Crippen LogP contribution in [0.3, 0.4) is 0 Å². The van der Waals surface area contributed by atoms with E-state index in [4.69, 9.17) is 0 Å². The smallest absolute Gasteiger partial charge is 0.320 e. The van der Waals surface area contributed by atoms with Crippen LogP contribution in [-0.2, 0) is 4.79 Å². The zero-order valence-corrected chi connectivity index (χ0v) is 15.4. The molecule has 0 saturated heterocycles. The number of fused-ring (bicyclic) bond motifs is 1. The fourth-order valence-electron chi connectivity index (χ4n) is 3.16. The molecule has 1 unspecified atom stereocenters. The summed E-state index contributed by atoms with van der Waals surface area (Å²) in [6.07, 6.45) is 3.23. The van der Waals surface area contributed by atoms with E-state index in [9.17, 15) is 9.59 Å². The molecule has 2 heterocycles. The first-order valence-corrected chi connectivity index (χ1v) is 9.13. The van der Waals surface area contributed by atoms with E-state index in [1.807, 2.05) is 37.3 Å². The largest absolute Gasteiger partial charge is 0.331 e. The Labute approximate surface area is 161 Å². The molecule has 0 radical (unpaired) electrons. The fourth-order valence-corrected chi connectivity index (χ4v) is 3.16. The van der Waals surface area contributed by atoms with Gasteiger partial charge in [0.2, 0.25) is 0 Å². The van der Waals surface area contributed by atoms with Crippen LogP contribution in [0, 0.1) is 0 Å². The van der Waals surface area contributed by atoms with E-state index < -0.39 is 0 Å². The third-order valence-corrected chi connectivity index (χ3v) is 4.67. The van der Waals surface area contributed by atoms with E-state index in [-0.39, 0.29) is 17.9 Å². The first-order valence-electron chi connectivity index (χ1n) is 9.13. The molecule has 1 atom stereocenters. The maximum absolute atomic E-state index is 12.3. The second-order valence-electron chi connectivity index (χ2n) is 6.79. The monoisotopic (exact) mass is 376 g/mol. The highest BCUT2D eigenvalue weighted by Gasteiger charge is 2.18. The van der Waals surface area contributed by atoms with Gasteiger partial charge in [-0.05, 0) is 18.9 Å². The maximum Gasteiger partial charge on any atom is 0.320 e. The van der Waals surface area contributed by atoms with Gasteiger partial charge in [0.1, 0.15) is 11.6 Å². The number of Topliss-reactive ketones (excluding diaryl/α,β-unsaturated/α-hetero) is 1. The summed E-state index contributed by atoms with van der Waals surface area (Å²) in [6.45, 7) is 1.92. The molecule has 1 aliphatic rings. The van der Waals surface area contributed by atoms with Gasteiger partial charge in [-0.15, -0.1) is 0 Å². The number of anilines is 1. The van der Waals surface area contributed by atoms with Gasteiger partial charge in [-0.1, -0.05) is 30.3 Å². The molecule has 3 aromatic rings. The van der Waals surface area contributed by atoms with Gasteiger partial charge in [0.05, 0.1) is 16.9 Å². The third-order valence-electron chi connectivity index (χ3n) is 4.67. The lowest BCUT2D eigenvalue weighted by molar-refractivity contribution is -0.116. The molecule has 1 aromatic carbocycles. The summed E-state index contributed by atoms with van der Waals surface area (Å²) in [5.41, 5.74) is 2.57. The number of urea groups is 1. The summed E-state index contributed by atoms with van der Waals surface area (Å²) >= 11 is 0. The van der Waals surface area contributed by atoms with E-state index in [1.165, 1.54) is 0 Å². The van der Waals surface area contributed by atoms with Crippen LogP contribution in [0.15, 0.2) is 47.6 Å². The van der Waals surface area contributed by atoms with Crippen molar-refractivity contribution in [2.75, 3.05) is 5.32 Å². The van der Waals surface area contributed by atoms with Crippen LogP contribution in [0.5, 0.6) is 0 Å². The molecule has 3 N–H and O–H groups in total. The van der Waals surface area contributed by atoms with E-state index in [1.54, 1.807) is 12.3 Å². The van der Waals surface area contributed by atoms with Gasteiger partial charge >= 0.3 is 6.03 Å². The van der Waals surface area contributed by atoms with Crippen molar-refractivity contribution in [3.63, 3.8) is 0 Å². The SMILES string of the molecule is CC(NC(=O)Nc1cc2[nH]nc(N=C3CCC(=O)C3)c2cn1)c1ccccc1. The number of pyridine rings is 1. The van der Waals surface area contributed by atoms with Crippen molar-refractivity contribution < 1.29 is 9.59 Å². The van der Waals surface area contributed by atoms with Crippen molar-refractivity contribution in [2.45, 2.75) is 32.2 Å². The average molecular weight is 376 g/mol. The summed E-state index contributed by atoms with van der Waals surface area (Å²) in [5.74, 6) is 1.13. The third kappa shape index (κ3) is 3.90. The van der Waals surface area contributed by atoms with Crippen molar-refractivity contribution in [2.24, 2.45) is 4.99 Å². The Morgan fingerprint density at radius 2 is 2.07 bits per heavy atom. The average Bonchev–Trinajstić information content (AvgIpc) is 3.28. The topological polar surface area (TPSA) is 112 Å². The van der Waals surface area contributed by atoms with Crippen molar-refractivity contribution >= 4 is 40.1 Å². The lowest BCUT2D eigenvalue weighted by Gasteiger charge is -2.14. The first-order chi connectivity index (χ1) is 13.6. The number of hydrogen-bond acceptors (Lipinski definition) is 5. The molecule has 2 amide bonds. The minimum atomic E-state index is -0.340. The first kappa shape index (κ1) is 17.8. The molecule has 4 rings (SSSR count). The number of benzene rings is 1. The molecule has 8 nitrogen and oxygen atoms in total. The number of nitrogens with one attached hydrogen (secondary N) is 3. The fraction of sp³-hybridized carbons (Fsp3) is 0.250. The minimum absolute atomic E-state index is 0.131. The number of rotatable bonds is 4. The van der Waals surface area contributed by atoms with Gasteiger partial charge in [0.15, 0.2) is 5.82 Å². The highest BCUT2D eigenvalue weighted by molar-refractivity contribution is 6.09. The molecule has 0 spiro atoms. The second kappa shape index (κ2) is 7.59. The number of nitrogens with zero attached hydrogens (tertiary/aromatic N) is 3. The summed E-state index contributed by atoms with van der Waals surface area (Å²) in [6, 6.07) is 11.0. The molecule has 142 valence electrons. The van der Waals surface area contributed by atoms with Gasteiger partial charge in [-0.2, -0.15) is 5.10 Å². The van der Waals surface area contributed by atoms with E-state index in [0.29, 0.717) is 36.4 Å². The van der Waals surface area contributed by atoms with Crippen molar-refractivity contribution in [3.8, 4) is 0 Å². The quantitative estimate of drug-likeness (QED) is 0.645. The molecular weight excluding hydrogens is 356 g/mol. The van der Waals surface area contributed by atoms with Gasteiger partial charge in [-0.25, -0.2) is 14.8 Å². The Kier molecular flexibility index (Phi) is 4.84. The van der Waals surface area contributed by atoms with Gasteiger partial charge in [0, 0.05) is 30.8 Å². The normalized spacial score (nSPS) is 16.5. The molecule has 0 bridgehead atoms. The number of ketones is 1. The summed E-state index contributed by atoms with van der Waals surface area (Å²) < 4.78 is 0. The standard InChI is InChI=1S/C20H20N6O2/c1-12(13-5-3-2-4-6-13)22-20(28)24-18-10-17-16(11-21-18)19(26-25-17)23-14-7-8-15(27)9-14/h2-6,10-12H,7-9H2,1H3,(H,25,26)(H2,21,22,24,28). The van der Waals surface area contributed by atoms with Gasteiger partial charge in [0.25, 0.3) is 0 Å². The zero-order valence-electron chi connectivity index (χ0n) is 15.4. The van der Waals surface area contributed by atoms with Crippen molar-refractivity contribution in [1.82, 2.24) is 20.5 Å². The molecular formula is C20H20N6O2. The maximum atomic E-state index is 12.3. The van der Waals surface area contributed by atoms with Crippen LogP contribution in [-0.4, -0.2) is 32.7 Å². The number of carbonyl (C=O) groups is 2. The lowest BCUT2D eigenvalue weighted by atomic mass is 10.1. The summed E-state index contributed by atoms with van der Waals surface area (Å²) in [7, 11) is 0. The number of carbonyl (C=O) groups excluding carboxylic acids is 2. The van der Waals surface area contributed by atoms with Crippen molar-refractivity contribution in [3.05, 3.63) is 48.2 Å². The van der Waals surface area contributed by atoms with Crippen LogP contribution < -0.4 is 10.6 Å². The van der Waals surface area contributed by atoms with E-state index in [2.05, 4.69) is 30.8 Å². The van der Waals surface area contributed by atoms with Crippen LogP contribution in [0.4, 0.5) is 16.4 Å². The number of aromatic nitrogens is 3. The number of H-pyrrole nitrogens is 1. The Balaban J connectivity index is 1.45. The minimum Gasteiger partial charge on any atom is -0.331 e. The summed E-state index contributed by atoms with van der Waals surface area (Å²) in [5, 5.41) is 13.5. The summed E-state index contributed by atoms with van der Waals surface area (Å²) in [4.78, 5) is 32.4. The predicted octanol–water partition coefficient (Wildman–Crippen LogP) is 3.67. The van der Waals surface area contributed by atoms with E-state index in [0.717, 1.165) is 16.7 Å². The molecule has 1 aliphatic carbocycles. The van der Waals surface area contributed by atoms with Crippen LogP contribution in [0.1, 0.15) is 37.8 Å². The Morgan fingerprint density at radius 1 is 1.25 bits per heavy atom. The molecule has 2 aromatic heterocycles. The second-order valence-corrected chi connectivity index (χ2v) is 6.79. The highest BCUT2D eigenvalue weighted by Crippen LogP contribution is 2.26. The Bertz CT molecular complexity index is 1060. The molecule has 0 aliphatic heterocycles. The van der Waals surface area contributed by atoms with Crippen LogP contribution in [0.25, 0.3) is 10.9 Å². The zero-order chi connectivity index (χ0) is 19.5. The predicted molar refractivity (Wildman–Crippen MR) is 107 cm³/mol. The number of amides is 2. The lowest BCUT2D eigenvalue weighted by Crippen LogP contribution is -2.31. The Morgan fingerprint density at radius 3 is 2.82 bits per heavy atom. The number of aromatic amines is 1. The number of aliphatic imine (C=N–C) groups is 1. The molecule has 1 fully saturated rings. The van der Waals surface area contributed by atoms with Crippen LogP contribution >= 0.6 is 0 Å². The number of hydrogen-bond donors (Lipinski definition) is 3. The van der Waals surface area contributed by atoms with Crippen LogP contribution in [0.2, 0.25) is 0 Å². The van der Waals surface area contributed by atoms with Crippen molar-refractivity contribution in [1.29, 1.82) is 0 Å².